The minimum absolute atomic E-state index is 0.153. The third kappa shape index (κ3) is 14.3. The van der Waals surface area contributed by atoms with Crippen LogP contribution in [0.3, 0.4) is 0 Å². The average molecular weight is 491 g/mol. The molecule has 0 unspecified atom stereocenters. The van der Waals surface area contributed by atoms with Crippen molar-refractivity contribution < 1.29 is 9.53 Å². The highest BCUT2D eigenvalue weighted by atomic mass is 16.6. The summed E-state index contributed by atoms with van der Waals surface area (Å²) in [6.45, 7) is 17.2. The largest absolute Gasteiger partial charge is 0.444 e. The number of hydrogen-bond acceptors (Lipinski definition) is 3. The lowest BCUT2D eigenvalue weighted by Crippen LogP contribution is -2.37. The van der Waals surface area contributed by atoms with Crippen molar-refractivity contribution in [1.82, 2.24) is 5.32 Å². The molecule has 0 heterocycles. The summed E-state index contributed by atoms with van der Waals surface area (Å²) in [5, 5.41) is 2.80. The number of ether oxygens (including phenoxy) is 1. The Morgan fingerprint density at radius 3 is 1.81 bits per heavy atom. The molecule has 0 radical (unpaired) electrons. The molecule has 0 aliphatic heterocycles. The van der Waals surface area contributed by atoms with Crippen LogP contribution in [-0.2, 0) is 4.74 Å². The van der Waals surface area contributed by atoms with E-state index in [1.165, 1.54) is 11.1 Å². The lowest BCUT2D eigenvalue weighted by molar-refractivity contribution is 0.0506. The van der Waals surface area contributed by atoms with Gasteiger partial charge < -0.3 is 10.1 Å². The fraction of sp³-hybridized carbons (Fsp3) is 0.438. The molecule has 0 saturated carbocycles. The fourth-order valence-corrected chi connectivity index (χ4v) is 3.50. The zero-order valence-corrected chi connectivity index (χ0v) is 23.0. The predicted octanol–water partition coefficient (Wildman–Crippen LogP) is 8.52. The summed E-state index contributed by atoms with van der Waals surface area (Å²) in [5.74, 6) is 0. The molecule has 0 bridgehead atoms. The molecule has 2 atom stereocenters. The molecule has 2 rings (SSSR count). The second-order valence-corrected chi connectivity index (χ2v) is 10.0. The highest BCUT2D eigenvalue weighted by Crippen LogP contribution is 2.14. The van der Waals surface area contributed by atoms with Gasteiger partial charge in [0.05, 0.1) is 5.71 Å². The summed E-state index contributed by atoms with van der Waals surface area (Å²) in [6.07, 6.45) is 9.80. The standard InChI is InChI=1S/C20H23N.C12H23NO2/c1-3-4-7-12-17(2)21-20(18-13-8-5-9-14-18)19-15-10-6-11-16-19;1-6-7-8-9-10(2)13-11(14)15-12(3,4)5/h3,5-6,8-11,13-17H,1,4,7,12H2,2H3;6,10H,1,7-9H2,2-5H3,(H,13,14)/t17-;10-/m11/s1. The Hall–Kier alpha value is -3.14. The first-order valence-electron chi connectivity index (χ1n) is 13.1. The van der Waals surface area contributed by atoms with Crippen LogP contribution in [0.2, 0.25) is 0 Å². The van der Waals surface area contributed by atoms with Crippen molar-refractivity contribution in [1.29, 1.82) is 0 Å². The van der Waals surface area contributed by atoms with Crippen molar-refractivity contribution >= 4 is 11.8 Å². The van der Waals surface area contributed by atoms with E-state index in [0.717, 1.165) is 44.2 Å². The summed E-state index contributed by atoms with van der Waals surface area (Å²) >= 11 is 0. The van der Waals surface area contributed by atoms with Gasteiger partial charge in [0, 0.05) is 23.2 Å². The number of carbonyl (C=O) groups excluding carboxylic acids is 1. The van der Waals surface area contributed by atoms with Crippen LogP contribution < -0.4 is 5.32 Å². The quantitative estimate of drug-likeness (QED) is 0.184. The maximum atomic E-state index is 11.3. The Kier molecular flexibility index (Phi) is 14.9. The Morgan fingerprint density at radius 2 is 1.36 bits per heavy atom. The van der Waals surface area contributed by atoms with Crippen molar-refractivity contribution in [3.05, 3.63) is 97.1 Å². The van der Waals surface area contributed by atoms with Gasteiger partial charge in [0.15, 0.2) is 0 Å². The van der Waals surface area contributed by atoms with Gasteiger partial charge in [-0.1, -0.05) is 72.8 Å². The zero-order chi connectivity index (χ0) is 26.8. The van der Waals surface area contributed by atoms with Crippen LogP contribution in [0.25, 0.3) is 0 Å². The lowest BCUT2D eigenvalue weighted by atomic mass is 10.0. The highest BCUT2D eigenvalue weighted by Gasteiger charge is 2.17. The SMILES string of the molecule is C=CCCC[C@@H](C)N=C(c1ccccc1)c1ccccc1.C=CCCC[C@@H](C)NC(=O)OC(C)(C)C. The van der Waals surface area contributed by atoms with E-state index < -0.39 is 5.60 Å². The van der Waals surface area contributed by atoms with E-state index in [1.807, 2.05) is 52.0 Å². The molecule has 0 aliphatic rings. The smallest absolute Gasteiger partial charge is 0.407 e. The topological polar surface area (TPSA) is 50.7 Å². The molecule has 0 aromatic heterocycles. The Bertz CT molecular complexity index is 873. The molecule has 0 fully saturated rings. The number of carbonyl (C=O) groups is 1. The number of allylic oxidation sites excluding steroid dienone is 2. The van der Waals surface area contributed by atoms with Crippen LogP contribution in [0.15, 0.2) is 91.0 Å². The predicted molar refractivity (Wildman–Crippen MR) is 155 cm³/mol. The number of hydrogen-bond donors (Lipinski definition) is 1. The average Bonchev–Trinajstić information content (AvgIpc) is 2.83. The Balaban J connectivity index is 0.000000384. The first-order valence-corrected chi connectivity index (χ1v) is 13.1. The molecule has 0 aliphatic carbocycles. The summed E-state index contributed by atoms with van der Waals surface area (Å²) in [6, 6.07) is 21.3. The van der Waals surface area contributed by atoms with Crippen LogP contribution in [0, 0.1) is 0 Å². The summed E-state index contributed by atoms with van der Waals surface area (Å²) < 4.78 is 5.14. The van der Waals surface area contributed by atoms with Gasteiger partial charge in [-0.25, -0.2) is 4.79 Å². The van der Waals surface area contributed by atoms with Crippen molar-refractivity contribution in [3.63, 3.8) is 0 Å². The van der Waals surface area contributed by atoms with Gasteiger partial charge in [-0.2, -0.15) is 0 Å². The molecule has 36 heavy (non-hydrogen) atoms. The molecule has 4 heteroatoms. The second-order valence-electron chi connectivity index (χ2n) is 10.0. The normalized spacial score (nSPS) is 12.2. The van der Waals surface area contributed by atoms with E-state index in [1.54, 1.807) is 0 Å². The zero-order valence-electron chi connectivity index (χ0n) is 23.0. The van der Waals surface area contributed by atoms with Gasteiger partial charge in [0.25, 0.3) is 0 Å². The number of rotatable bonds is 12. The fourth-order valence-electron chi connectivity index (χ4n) is 3.50. The van der Waals surface area contributed by atoms with E-state index in [9.17, 15) is 4.79 Å². The van der Waals surface area contributed by atoms with E-state index in [4.69, 9.17) is 9.73 Å². The molecule has 1 amide bonds. The third-order valence-electron chi connectivity index (χ3n) is 5.28. The van der Waals surface area contributed by atoms with Gasteiger partial charge in [-0.3, -0.25) is 4.99 Å². The number of benzene rings is 2. The number of aliphatic imine (C=N–C) groups is 1. The van der Waals surface area contributed by atoms with E-state index in [2.05, 4.69) is 73.9 Å². The molecule has 1 N–H and O–H groups in total. The van der Waals surface area contributed by atoms with Gasteiger partial charge in [-0.05, 0) is 73.1 Å². The van der Waals surface area contributed by atoms with E-state index in [0.29, 0.717) is 6.04 Å². The number of unbranched alkanes of at least 4 members (excludes halogenated alkanes) is 2. The van der Waals surface area contributed by atoms with Gasteiger partial charge in [0.1, 0.15) is 5.60 Å². The van der Waals surface area contributed by atoms with Crippen LogP contribution in [-0.4, -0.2) is 29.5 Å². The molecule has 2 aromatic rings. The number of amides is 1. The summed E-state index contributed by atoms with van der Waals surface area (Å²) in [5.41, 5.74) is 3.02. The molecule has 0 saturated heterocycles. The van der Waals surface area contributed by atoms with E-state index >= 15 is 0 Å². The highest BCUT2D eigenvalue weighted by molar-refractivity contribution is 6.12. The summed E-state index contributed by atoms with van der Waals surface area (Å²) in [4.78, 5) is 16.3. The Labute approximate surface area is 219 Å². The second kappa shape index (κ2) is 17.3. The summed E-state index contributed by atoms with van der Waals surface area (Å²) in [7, 11) is 0. The third-order valence-corrected chi connectivity index (χ3v) is 5.28. The number of nitrogens with zero attached hydrogens (tertiary/aromatic N) is 1. The van der Waals surface area contributed by atoms with Gasteiger partial charge in [0.2, 0.25) is 0 Å². The maximum absolute atomic E-state index is 11.3. The maximum Gasteiger partial charge on any atom is 0.407 e. The molecule has 4 nitrogen and oxygen atoms in total. The molecule has 196 valence electrons. The van der Waals surface area contributed by atoms with Crippen LogP contribution in [0.4, 0.5) is 4.79 Å². The Morgan fingerprint density at radius 1 is 0.889 bits per heavy atom. The van der Waals surface area contributed by atoms with Gasteiger partial charge >= 0.3 is 6.09 Å². The molecular formula is C32H46N2O2. The first kappa shape index (κ1) is 30.9. The van der Waals surface area contributed by atoms with Crippen LogP contribution >= 0.6 is 0 Å². The van der Waals surface area contributed by atoms with Crippen molar-refractivity contribution in [2.75, 3.05) is 0 Å². The molecule has 0 spiro atoms. The first-order chi connectivity index (χ1) is 17.2. The minimum Gasteiger partial charge on any atom is -0.444 e. The van der Waals surface area contributed by atoms with Crippen molar-refractivity contribution in [2.45, 2.75) is 90.8 Å². The van der Waals surface area contributed by atoms with Gasteiger partial charge in [-0.15, -0.1) is 13.2 Å². The van der Waals surface area contributed by atoms with Crippen molar-refractivity contribution in [2.24, 2.45) is 4.99 Å². The lowest BCUT2D eigenvalue weighted by Gasteiger charge is -2.21. The monoisotopic (exact) mass is 490 g/mol. The van der Waals surface area contributed by atoms with E-state index in [-0.39, 0.29) is 12.1 Å². The van der Waals surface area contributed by atoms with Crippen LogP contribution in [0.1, 0.15) is 84.3 Å². The number of nitrogens with one attached hydrogen (secondary N) is 1. The molecule has 2 aromatic carbocycles. The minimum atomic E-state index is -0.426. The van der Waals surface area contributed by atoms with Crippen LogP contribution in [0.5, 0.6) is 0 Å². The number of alkyl carbamates (subject to hydrolysis) is 1. The molecular weight excluding hydrogens is 444 g/mol. The van der Waals surface area contributed by atoms with Crippen molar-refractivity contribution in [3.8, 4) is 0 Å².